The first-order valence-electron chi connectivity index (χ1n) is 4.32. The van der Waals surface area contributed by atoms with Crippen LogP contribution in [0.1, 0.15) is 26.2 Å². The predicted octanol–water partition coefficient (Wildman–Crippen LogP) is 0.797. The van der Waals surface area contributed by atoms with E-state index in [1.807, 2.05) is 6.92 Å². The summed E-state index contributed by atoms with van der Waals surface area (Å²) in [5.74, 6) is 0.286. The van der Waals surface area contributed by atoms with Crippen LogP contribution in [-0.4, -0.2) is 17.6 Å². The van der Waals surface area contributed by atoms with E-state index in [4.69, 9.17) is 12.2 Å². The lowest BCUT2D eigenvalue weighted by atomic mass is 9.85. The Kier molecular flexibility index (Phi) is 3.47. The summed E-state index contributed by atoms with van der Waals surface area (Å²) in [6.07, 6.45) is 3.20. The highest BCUT2D eigenvalue weighted by atomic mass is 32.1. The van der Waals surface area contributed by atoms with Gasteiger partial charge in [-0.1, -0.05) is 6.42 Å². The Bertz CT molecular complexity index is 189. The van der Waals surface area contributed by atoms with Gasteiger partial charge in [-0.3, -0.25) is 4.79 Å². The van der Waals surface area contributed by atoms with Crippen molar-refractivity contribution in [1.29, 1.82) is 0 Å². The van der Waals surface area contributed by atoms with E-state index in [9.17, 15) is 4.79 Å². The SMILES string of the molecule is CCNC(=S)NC(=O)C1CCC1. The molecule has 0 aromatic carbocycles. The Morgan fingerprint density at radius 3 is 2.67 bits per heavy atom. The number of nitrogens with one attached hydrogen (secondary N) is 2. The van der Waals surface area contributed by atoms with Crippen LogP contribution >= 0.6 is 12.2 Å². The molecule has 68 valence electrons. The fourth-order valence-corrected chi connectivity index (χ4v) is 1.33. The van der Waals surface area contributed by atoms with Crippen molar-refractivity contribution in [2.75, 3.05) is 6.54 Å². The summed E-state index contributed by atoms with van der Waals surface area (Å²) < 4.78 is 0. The number of amides is 1. The first-order chi connectivity index (χ1) is 5.74. The molecule has 0 aromatic rings. The van der Waals surface area contributed by atoms with Crippen LogP contribution in [0.25, 0.3) is 0 Å². The Morgan fingerprint density at radius 1 is 1.58 bits per heavy atom. The zero-order chi connectivity index (χ0) is 8.97. The molecule has 12 heavy (non-hydrogen) atoms. The lowest BCUT2D eigenvalue weighted by molar-refractivity contribution is -0.125. The fraction of sp³-hybridized carbons (Fsp3) is 0.750. The molecule has 0 heterocycles. The summed E-state index contributed by atoms with van der Waals surface area (Å²) in [6.45, 7) is 2.70. The standard InChI is InChI=1S/C8H14N2OS/c1-2-9-8(12)10-7(11)6-4-3-5-6/h6H,2-5H2,1H3,(H2,9,10,11,12). The Hall–Kier alpha value is -0.640. The quantitative estimate of drug-likeness (QED) is 0.627. The van der Waals surface area contributed by atoms with E-state index in [0.29, 0.717) is 5.11 Å². The molecule has 0 radical (unpaired) electrons. The lowest BCUT2D eigenvalue weighted by Crippen LogP contribution is -2.43. The Morgan fingerprint density at radius 2 is 2.25 bits per heavy atom. The summed E-state index contributed by atoms with van der Waals surface area (Å²) in [7, 11) is 0. The number of hydrogen-bond acceptors (Lipinski definition) is 2. The zero-order valence-corrected chi connectivity index (χ0v) is 8.04. The van der Waals surface area contributed by atoms with Gasteiger partial charge in [0, 0.05) is 12.5 Å². The molecular formula is C8H14N2OS. The van der Waals surface area contributed by atoms with Crippen molar-refractivity contribution >= 4 is 23.2 Å². The van der Waals surface area contributed by atoms with Crippen molar-refractivity contribution in [1.82, 2.24) is 10.6 Å². The van der Waals surface area contributed by atoms with E-state index in [2.05, 4.69) is 10.6 Å². The summed E-state index contributed by atoms with van der Waals surface area (Å²) in [6, 6.07) is 0. The molecule has 1 aliphatic rings. The van der Waals surface area contributed by atoms with E-state index < -0.39 is 0 Å². The average Bonchev–Trinajstić information content (AvgIpc) is 1.82. The minimum atomic E-state index is 0.0761. The molecule has 0 bridgehead atoms. The molecule has 0 spiro atoms. The number of rotatable bonds is 2. The van der Waals surface area contributed by atoms with Crippen molar-refractivity contribution in [2.45, 2.75) is 26.2 Å². The first-order valence-corrected chi connectivity index (χ1v) is 4.73. The van der Waals surface area contributed by atoms with Gasteiger partial charge in [-0.25, -0.2) is 0 Å². The summed E-state index contributed by atoms with van der Waals surface area (Å²) in [5, 5.41) is 6.00. The highest BCUT2D eigenvalue weighted by molar-refractivity contribution is 7.80. The number of carbonyl (C=O) groups excluding carboxylic acids is 1. The van der Waals surface area contributed by atoms with E-state index in [0.717, 1.165) is 19.4 Å². The third-order valence-corrected chi connectivity index (χ3v) is 2.30. The molecule has 0 aromatic heterocycles. The van der Waals surface area contributed by atoms with Gasteiger partial charge in [0.25, 0.3) is 0 Å². The molecular weight excluding hydrogens is 172 g/mol. The minimum absolute atomic E-state index is 0.0761. The van der Waals surface area contributed by atoms with Crippen LogP contribution < -0.4 is 10.6 Å². The van der Waals surface area contributed by atoms with Crippen LogP contribution in [0.5, 0.6) is 0 Å². The maximum atomic E-state index is 11.3. The Labute approximate surface area is 77.9 Å². The first kappa shape index (κ1) is 9.45. The van der Waals surface area contributed by atoms with Crippen LogP contribution in [0.2, 0.25) is 0 Å². The molecule has 4 heteroatoms. The second kappa shape index (κ2) is 4.40. The van der Waals surface area contributed by atoms with Crippen molar-refractivity contribution in [3.63, 3.8) is 0 Å². The van der Waals surface area contributed by atoms with Crippen LogP contribution in [0.3, 0.4) is 0 Å². The maximum absolute atomic E-state index is 11.3. The number of carbonyl (C=O) groups is 1. The lowest BCUT2D eigenvalue weighted by Gasteiger charge is -2.24. The van der Waals surface area contributed by atoms with Crippen LogP contribution in [0, 0.1) is 5.92 Å². The van der Waals surface area contributed by atoms with Crippen LogP contribution in [0.15, 0.2) is 0 Å². The third kappa shape index (κ3) is 2.44. The molecule has 1 fully saturated rings. The van der Waals surface area contributed by atoms with Crippen molar-refractivity contribution < 1.29 is 4.79 Å². The van der Waals surface area contributed by atoms with Crippen molar-refractivity contribution in [3.05, 3.63) is 0 Å². The normalized spacial score (nSPS) is 16.4. The summed E-state index contributed by atoms with van der Waals surface area (Å²) in [5.41, 5.74) is 0. The molecule has 0 aliphatic heterocycles. The van der Waals surface area contributed by atoms with E-state index in [1.54, 1.807) is 0 Å². The Balaban J connectivity index is 2.20. The van der Waals surface area contributed by atoms with Gasteiger partial charge in [0.15, 0.2) is 5.11 Å². The topological polar surface area (TPSA) is 41.1 Å². The van der Waals surface area contributed by atoms with Crippen LogP contribution in [0.4, 0.5) is 0 Å². The van der Waals surface area contributed by atoms with E-state index >= 15 is 0 Å². The molecule has 1 aliphatic carbocycles. The molecule has 1 amide bonds. The number of hydrogen-bond donors (Lipinski definition) is 2. The molecule has 0 unspecified atom stereocenters. The fourth-order valence-electron chi connectivity index (χ4n) is 1.09. The van der Waals surface area contributed by atoms with Gasteiger partial charge in [-0.05, 0) is 32.0 Å². The summed E-state index contributed by atoms with van der Waals surface area (Å²) in [4.78, 5) is 11.3. The summed E-state index contributed by atoms with van der Waals surface area (Å²) >= 11 is 4.88. The smallest absolute Gasteiger partial charge is 0.229 e. The second-order valence-electron chi connectivity index (χ2n) is 2.98. The number of thiocarbonyl (C=S) groups is 1. The van der Waals surface area contributed by atoms with Gasteiger partial charge in [0.2, 0.25) is 5.91 Å². The molecule has 1 saturated carbocycles. The third-order valence-electron chi connectivity index (χ3n) is 2.05. The molecule has 3 nitrogen and oxygen atoms in total. The molecule has 2 N–H and O–H groups in total. The molecule has 0 atom stereocenters. The van der Waals surface area contributed by atoms with Gasteiger partial charge < -0.3 is 10.6 Å². The van der Waals surface area contributed by atoms with Crippen molar-refractivity contribution in [2.24, 2.45) is 5.92 Å². The van der Waals surface area contributed by atoms with Gasteiger partial charge >= 0.3 is 0 Å². The van der Waals surface area contributed by atoms with E-state index in [1.165, 1.54) is 6.42 Å². The molecule has 1 rings (SSSR count). The van der Waals surface area contributed by atoms with Crippen molar-refractivity contribution in [3.8, 4) is 0 Å². The highest BCUT2D eigenvalue weighted by Gasteiger charge is 2.25. The van der Waals surface area contributed by atoms with Gasteiger partial charge in [-0.15, -0.1) is 0 Å². The largest absolute Gasteiger partial charge is 0.363 e. The monoisotopic (exact) mass is 186 g/mol. The van der Waals surface area contributed by atoms with Crippen LogP contribution in [-0.2, 0) is 4.79 Å². The van der Waals surface area contributed by atoms with Gasteiger partial charge in [-0.2, -0.15) is 0 Å². The minimum Gasteiger partial charge on any atom is -0.363 e. The second-order valence-corrected chi connectivity index (χ2v) is 3.38. The average molecular weight is 186 g/mol. The zero-order valence-electron chi connectivity index (χ0n) is 7.22. The van der Waals surface area contributed by atoms with Gasteiger partial charge in [0.05, 0.1) is 0 Å². The molecule has 0 saturated heterocycles. The van der Waals surface area contributed by atoms with Gasteiger partial charge in [0.1, 0.15) is 0 Å². The van der Waals surface area contributed by atoms with E-state index in [-0.39, 0.29) is 11.8 Å². The highest BCUT2D eigenvalue weighted by Crippen LogP contribution is 2.25. The predicted molar refractivity (Wildman–Crippen MR) is 51.8 cm³/mol. The maximum Gasteiger partial charge on any atom is 0.229 e.